The Kier molecular flexibility index (Phi) is 5.78. The number of nitrogens with zero attached hydrogens (tertiary/aromatic N) is 1. The molecule has 2 aromatic heterocycles. The van der Waals surface area contributed by atoms with Gasteiger partial charge >= 0.3 is 5.97 Å². The maximum Gasteiger partial charge on any atom is 0.325 e. The predicted molar refractivity (Wildman–Crippen MR) is 123 cm³/mol. The van der Waals surface area contributed by atoms with Gasteiger partial charge in [-0.1, -0.05) is 18.2 Å². The van der Waals surface area contributed by atoms with Crippen LogP contribution < -0.4 is 19.5 Å². The van der Waals surface area contributed by atoms with E-state index < -0.39 is 17.9 Å². The van der Waals surface area contributed by atoms with Gasteiger partial charge in [0.1, 0.15) is 11.7 Å². The average molecular weight is 449 g/mol. The van der Waals surface area contributed by atoms with Crippen LogP contribution in [0.3, 0.4) is 0 Å². The number of benzene rings is 2. The van der Waals surface area contributed by atoms with Crippen molar-refractivity contribution in [2.45, 2.75) is 13.0 Å². The van der Waals surface area contributed by atoms with Gasteiger partial charge in [-0.3, -0.25) is 9.59 Å². The largest absolute Gasteiger partial charge is 0.493 e. The molecule has 0 aliphatic carbocycles. The lowest BCUT2D eigenvalue weighted by molar-refractivity contribution is -0.138. The number of aromatic amines is 1. The third-order valence-corrected chi connectivity index (χ3v) is 5.39. The molecular formula is C24H23N3O6. The lowest BCUT2D eigenvalue weighted by atomic mass is 10.0. The summed E-state index contributed by atoms with van der Waals surface area (Å²) in [4.78, 5) is 32.1. The van der Waals surface area contributed by atoms with Crippen LogP contribution in [-0.4, -0.2) is 54.3 Å². The third-order valence-electron chi connectivity index (χ3n) is 5.39. The molecule has 1 atom stereocenters. The van der Waals surface area contributed by atoms with E-state index in [4.69, 9.17) is 14.2 Å². The summed E-state index contributed by atoms with van der Waals surface area (Å²) in [7, 11) is 4.55. The van der Waals surface area contributed by atoms with Crippen LogP contribution in [0.25, 0.3) is 33.1 Å². The standard InChI is InChI=1S/C24H23N3O6/c1-12(24(29)30)25-23(28)17-11-15-14-7-5-6-8-16(14)26-21(15)20(27-17)13-9-18(31-2)22(33-4)19(10-13)32-3/h5-12,26H,1-4H3,(H,25,28)(H,29,30)/t12-/m0/s1. The number of carboxylic acid groups (broad SMARTS) is 1. The molecule has 0 spiro atoms. The Hall–Kier alpha value is -4.27. The monoisotopic (exact) mass is 449 g/mol. The van der Waals surface area contributed by atoms with E-state index in [0.717, 1.165) is 16.3 Å². The summed E-state index contributed by atoms with van der Waals surface area (Å²) in [5.74, 6) is -0.424. The number of nitrogens with one attached hydrogen (secondary N) is 2. The number of aromatic nitrogens is 2. The van der Waals surface area contributed by atoms with Crippen LogP contribution >= 0.6 is 0 Å². The maximum atomic E-state index is 12.9. The SMILES string of the molecule is COc1cc(-c2nc(C(=O)N[C@@H](C)C(=O)O)cc3c2[nH]c2ccccc23)cc(OC)c1OC. The van der Waals surface area contributed by atoms with Gasteiger partial charge in [0, 0.05) is 21.9 Å². The highest BCUT2D eigenvalue weighted by atomic mass is 16.5. The summed E-state index contributed by atoms with van der Waals surface area (Å²) in [6, 6.07) is 11.8. The third kappa shape index (κ3) is 3.89. The van der Waals surface area contributed by atoms with Crippen molar-refractivity contribution in [3.05, 3.63) is 48.2 Å². The molecular weight excluding hydrogens is 426 g/mol. The molecule has 0 unspecified atom stereocenters. The Labute approximate surface area is 189 Å². The molecule has 3 N–H and O–H groups in total. The molecule has 4 rings (SSSR count). The van der Waals surface area contributed by atoms with Crippen LogP contribution in [0, 0.1) is 0 Å². The first-order valence-corrected chi connectivity index (χ1v) is 10.1. The van der Waals surface area contributed by atoms with Gasteiger partial charge in [0.15, 0.2) is 11.5 Å². The fourth-order valence-corrected chi connectivity index (χ4v) is 3.72. The zero-order valence-corrected chi connectivity index (χ0v) is 18.6. The van der Waals surface area contributed by atoms with E-state index in [2.05, 4.69) is 15.3 Å². The van der Waals surface area contributed by atoms with Crippen LogP contribution in [-0.2, 0) is 4.79 Å². The Morgan fingerprint density at radius 1 is 1.00 bits per heavy atom. The van der Waals surface area contributed by atoms with Crippen molar-refractivity contribution in [1.82, 2.24) is 15.3 Å². The number of hydrogen-bond acceptors (Lipinski definition) is 6. The summed E-state index contributed by atoms with van der Waals surface area (Å²) in [6.45, 7) is 1.39. The molecule has 9 heteroatoms. The lowest BCUT2D eigenvalue weighted by Crippen LogP contribution is -2.38. The highest BCUT2D eigenvalue weighted by Gasteiger charge is 2.22. The number of pyridine rings is 1. The van der Waals surface area contributed by atoms with E-state index in [0.29, 0.717) is 34.0 Å². The zero-order chi connectivity index (χ0) is 23.7. The minimum Gasteiger partial charge on any atom is -0.493 e. The van der Waals surface area contributed by atoms with E-state index in [1.807, 2.05) is 24.3 Å². The molecule has 2 heterocycles. The van der Waals surface area contributed by atoms with Crippen LogP contribution in [0.4, 0.5) is 0 Å². The van der Waals surface area contributed by atoms with Gasteiger partial charge < -0.3 is 29.6 Å². The smallest absolute Gasteiger partial charge is 0.325 e. The van der Waals surface area contributed by atoms with Gasteiger partial charge in [0.05, 0.1) is 32.5 Å². The van der Waals surface area contributed by atoms with Gasteiger partial charge in [0.2, 0.25) is 5.75 Å². The number of hydrogen-bond donors (Lipinski definition) is 3. The molecule has 33 heavy (non-hydrogen) atoms. The number of carbonyl (C=O) groups excluding carboxylic acids is 1. The normalized spacial score (nSPS) is 11.9. The van der Waals surface area contributed by atoms with Gasteiger partial charge in [-0.15, -0.1) is 0 Å². The molecule has 0 radical (unpaired) electrons. The van der Waals surface area contributed by atoms with Crippen molar-refractivity contribution in [2.24, 2.45) is 0 Å². The number of carbonyl (C=O) groups is 2. The average Bonchev–Trinajstić information content (AvgIpc) is 3.20. The van der Waals surface area contributed by atoms with Crippen molar-refractivity contribution in [3.8, 4) is 28.5 Å². The molecule has 1 amide bonds. The van der Waals surface area contributed by atoms with Crippen molar-refractivity contribution < 1.29 is 28.9 Å². The van der Waals surface area contributed by atoms with E-state index >= 15 is 0 Å². The summed E-state index contributed by atoms with van der Waals surface area (Å²) >= 11 is 0. The van der Waals surface area contributed by atoms with E-state index in [9.17, 15) is 14.7 Å². The molecule has 0 aliphatic rings. The van der Waals surface area contributed by atoms with E-state index in [-0.39, 0.29) is 5.69 Å². The molecule has 4 aromatic rings. The highest BCUT2D eigenvalue weighted by molar-refractivity contribution is 6.13. The summed E-state index contributed by atoms with van der Waals surface area (Å²) in [6.07, 6.45) is 0. The fourth-order valence-electron chi connectivity index (χ4n) is 3.72. The molecule has 9 nitrogen and oxygen atoms in total. The first-order chi connectivity index (χ1) is 15.9. The quantitative estimate of drug-likeness (QED) is 0.394. The maximum absolute atomic E-state index is 12.9. The van der Waals surface area contributed by atoms with Crippen LogP contribution in [0.5, 0.6) is 17.2 Å². The highest BCUT2D eigenvalue weighted by Crippen LogP contribution is 2.42. The van der Waals surface area contributed by atoms with Gasteiger partial charge in [-0.05, 0) is 31.2 Å². The van der Waals surface area contributed by atoms with Crippen molar-refractivity contribution in [2.75, 3.05) is 21.3 Å². The Balaban J connectivity index is 1.99. The minimum atomic E-state index is -1.14. The number of carboxylic acids is 1. The molecule has 0 aliphatic heterocycles. The van der Waals surface area contributed by atoms with Crippen molar-refractivity contribution >= 4 is 33.7 Å². The van der Waals surface area contributed by atoms with E-state index in [1.165, 1.54) is 28.3 Å². The minimum absolute atomic E-state index is 0.0871. The molecule has 170 valence electrons. The Morgan fingerprint density at radius 2 is 1.67 bits per heavy atom. The molecule has 0 saturated carbocycles. The second kappa shape index (κ2) is 8.70. The second-order valence-electron chi connectivity index (χ2n) is 7.40. The number of fused-ring (bicyclic) bond motifs is 3. The van der Waals surface area contributed by atoms with E-state index in [1.54, 1.807) is 18.2 Å². The Bertz CT molecular complexity index is 1350. The number of para-hydroxylation sites is 1. The van der Waals surface area contributed by atoms with Crippen LogP contribution in [0.2, 0.25) is 0 Å². The van der Waals surface area contributed by atoms with Crippen LogP contribution in [0.15, 0.2) is 42.5 Å². The summed E-state index contributed by atoms with van der Waals surface area (Å²) < 4.78 is 16.4. The summed E-state index contributed by atoms with van der Waals surface area (Å²) in [5.41, 5.74) is 2.79. The van der Waals surface area contributed by atoms with Crippen molar-refractivity contribution in [3.63, 3.8) is 0 Å². The number of H-pyrrole nitrogens is 1. The Morgan fingerprint density at radius 3 is 2.27 bits per heavy atom. The molecule has 0 fully saturated rings. The summed E-state index contributed by atoms with van der Waals surface area (Å²) in [5, 5.41) is 13.3. The number of methoxy groups -OCH3 is 3. The van der Waals surface area contributed by atoms with Gasteiger partial charge in [-0.2, -0.15) is 0 Å². The topological polar surface area (TPSA) is 123 Å². The fraction of sp³-hybridized carbons (Fsp3) is 0.208. The number of aliphatic carboxylic acids is 1. The van der Waals surface area contributed by atoms with Crippen LogP contribution in [0.1, 0.15) is 17.4 Å². The second-order valence-corrected chi connectivity index (χ2v) is 7.40. The first kappa shape index (κ1) is 21.9. The predicted octanol–water partition coefficient (Wildman–Crippen LogP) is 3.61. The number of rotatable bonds is 7. The first-order valence-electron chi connectivity index (χ1n) is 10.1. The van der Waals surface area contributed by atoms with Gasteiger partial charge in [-0.25, -0.2) is 4.98 Å². The zero-order valence-electron chi connectivity index (χ0n) is 18.6. The molecule has 2 aromatic carbocycles. The van der Waals surface area contributed by atoms with Gasteiger partial charge in [0.25, 0.3) is 5.91 Å². The molecule has 0 bridgehead atoms. The molecule has 0 saturated heterocycles. The lowest BCUT2D eigenvalue weighted by Gasteiger charge is -2.15. The number of ether oxygens (including phenoxy) is 3. The number of amides is 1. The van der Waals surface area contributed by atoms with Crippen molar-refractivity contribution in [1.29, 1.82) is 0 Å².